The molecule has 1 aromatic heterocycles. The molecule has 1 heterocycles. The first-order valence-electron chi connectivity index (χ1n) is 8.42. The second-order valence-electron chi connectivity index (χ2n) is 5.35. The lowest BCUT2D eigenvalue weighted by molar-refractivity contribution is -0.119. The summed E-state index contributed by atoms with van der Waals surface area (Å²) in [5, 5.41) is 11.4. The predicted molar refractivity (Wildman–Crippen MR) is 101 cm³/mol. The summed E-state index contributed by atoms with van der Waals surface area (Å²) in [6.45, 7) is 5.95. The normalized spacial score (nSPS) is 11.8. The zero-order chi connectivity index (χ0) is 19.1. The number of nitrogens with two attached hydrogens (primary N) is 1. The van der Waals surface area contributed by atoms with E-state index < -0.39 is 12.0 Å². The van der Waals surface area contributed by atoms with Gasteiger partial charge in [-0.2, -0.15) is 0 Å². The highest BCUT2D eigenvalue weighted by Crippen LogP contribution is 2.26. The molecule has 0 saturated heterocycles. The van der Waals surface area contributed by atoms with Gasteiger partial charge in [0.05, 0.1) is 12.2 Å². The Morgan fingerprint density at radius 3 is 2.50 bits per heavy atom. The summed E-state index contributed by atoms with van der Waals surface area (Å²) in [5.74, 6) is 0.391. The number of carbonyl (C=O) groups excluding carboxylic acids is 2. The second kappa shape index (κ2) is 9.23. The van der Waals surface area contributed by atoms with Crippen molar-refractivity contribution in [2.75, 3.05) is 23.4 Å². The predicted octanol–water partition coefficient (Wildman–Crippen LogP) is 2.74. The Hall–Kier alpha value is -2.55. The lowest BCUT2D eigenvalue weighted by Gasteiger charge is -2.19. The van der Waals surface area contributed by atoms with Crippen LogP contribution in [-0.4, -0.2) is 39.0 Å². The summed E-state index contributed by atoms with van der Waals surface area (Å²) < 4.78 is 6.59. The van der Waals surface area contributed by atoms with Crippen LogP contribution in [0.3, 0.4) is 0 Å². The second-order valence-corrected chi connectivity index (χ2v) is 6.59. The minimum Gasteiger partial charge on any atom is -0.462 e. The van der Waals surface area contributed by atoms with Crippen molar-refractivity contribution in [3.63, 3.8) is 0 Å². The molecule has 0 fully saturated rings. The highest BCUT2D eigenvalue weighted by molar-refractivity contribution is 7.99. The fourth-order valence-corrected chi connectivity index (χ4v) is 3.14. The van der Waals surface area contributed by atoms with E-state index in [4.69, 9.17) is 10.5 Å². The van der Waals surface area contributed by atoms with E-state index >= 15 is 0 Å². The van der Waals surface area contributed by atoms with Gasteiger partial charge in [0.25, 0.3) is 0 Å². The number of nitrogens with one attached hydrogen (secondary N) is 1. The van der Waals surface area contributed by atoms with Crippen LogP contribution in [0.25, 0.3) is 0 Å². The molecule has 1 aromatic carbocycles. The van der Waals surface area contributed by atoms with Crippen molar-refractivity contribution in [3.8, 4) is 0 Å². The Labute approximate surface area is 156 Å². The van der Waals surface area contributed by atoms with Gasteiger partial charge in [-0.1, -0.05) is 25.6 Å². The number of nitrogens with zero attached hydrogens (tertiary/aromatic N) is 3. The first-order chi connectivity index (χ1) is 12.5. The van der Waals surface area contributed by atoms with Gasteiger partial charge in [-0.25, -0.2) is 4.79 Å². The summed E-state index contributed by atoms with van der Waals surface area (Å²) in [6.07, 6.45) is 0.534. The maximum Gasteiger partial charge on any atom is 0.338 e. The number of esters is 1. The van der Waals surface area contributed by atoms with E-state index in [1.54, 1.807) is 35.8 Å². The van der Waals surface area contributed by atoms with Crippen molar-refractivity contribution >= 4 is 35.3 Å². The monoisotopic (exact) mass is 377 g/mol. The van der Waals surface area contributed by atoms with Crippen LogP contribution in [0.15, 0.2) is 29.4 Å². The van der Waals surface area contributed by atoms with Crippen molar-refractivity contribution in [2.45, 2.75) is 38.4 Å². The number of hydrogen-bond acceptors (Lipinski definition) is 7. The summed E-state index contributed by atoms with van der Waals surface area (Å²) in [6, 6.07) is 6.02. The van der Waals surface area contributed by atoms with Crippen LogP contribution < -0.4 is 11.1 Å². The zero-order valence-corrected chi connectivity index (χ0v) is 15.9. The largest absolute Gasteiger partial charge is 0.462 e. The molecule has 0 radical (unpaired) electrons. The topological polar surface area (TPSA) is 112 Å². The smallest absolute Gasteiger partial charge is 0.338 e. The van der Waals surface area contributed by atoms with Gasteiger partial charge in [0.15, 0.2) is 5.16 Å². The lowest BCUT2D eigenvalue weighted by atomic mass is 10.1. The number of ether oxygens (including phenoxy) is 1. The number of anilines is 2. The molecule has 9 heteroatoms. The fraction of sp³-hybridized carbons (Fsp3) is 0.412. The SMILES string of the molecule is CCOC(=O)c1ccc(NC(=O)C(CC)n2c(N)nnc2SCC)cc1. The molecule has 2 aromatic rings. The number of amides is 1. The van der Waals surface area contributed by atoms with Crippen molar-refractivity contribution < 1.29 is 14.3 Å². The molecule has 0 spiro atoms. The van der Waals surface area contributed by atoms with Gasteiger partial charge in [0.1, 0.15) is 6.04 Å². The third-order valence-corrected chi connectivity index (χ3v) is 4.45. The molecule has 2 rings (SSSR count). The quantitative estimate of drug-likeness (QED) is 0.537. The molecule has 140 valence electrons. The van der Waals surface area contributed by atoms with Gasteiger partial charge in [-0.3, -0.25) is 9.36 Å². The van der Waals surface area contributed by atoms with Crippen LogP contribution in [0, 0.1) is 0 Å². The number of aromatic nitrogens is 3. The van der Waals surface area contributed by atoms with Crippen LogP contribution in [-0.2, 0) is 9.53 Å². The summed E-state index contributed by atoms with van der Waals surface area (Å²) in [4.78, 5) is 24.4. The van der Waals surface area contributed by atoms with Crippen LogP contribution in [0.5, 0.6) is 0 Å². The van der Waals surface area contributed by atoms with Crippen molar-refractivity contribution in [3.05, 3.63) is 29.8 Å². The van der Waals surface area contributed by atoms with Gasteiger partial charge < -0.3 is 15.8 Å². The molecule has 1 amide bonds. The standard InChI is InChI=1S/C17H23N5O3S/c1-4-13(22-16(18)20-21-17(22)26-6-3)14(23)19-12-9-7-11(8-10-12)15(24)25-5-2/h7-10,13H,4-6H2,1-3H3,(H2,18,20)(H,19,23). The van der Waals surface area contributed by atoms with Gasteiger partial charge in [-0.15, -0.1) is 10.2 Å². The van der Waals surface area contributed by atoms with Crippen LogP contribution >= 0.6 is 11.8 Å². The number of nitrogen functional groups attached to an aromatic ring is 1. The third-order valence-electron chi connectivity index (χ3n) is 3.63. The summed E-state index contributed by atoms with van der Waals surface area (Å²) in [7, 11) is 0. The van der Waals surface area contributed by atoms with E-state index in [2.05, 4.69) is 15.5 Å². The lowest BCUT2D eigenvalue weighted by Crippen LogP contribution is -2.27. The highest BCUT2D eigenvalue weighted by Gasteiger charge is 2.24. The van der Waals surface area contributed by atoms with Crippen molar-refractivity contribution in [2.24, 2.45) is 0 Å². The maximum absolute atomic E-state index is 12.7. The van der Waals surface area contributed by atoms with E-state index in [-0.39, 0.29) is 11.9 Å². The van der Waals surface area contributed by atoms with Gasteiger partial charge in [-0.05, 0) is 43.4 Å². The molecular weight excluding hydrogens is 354 g/mol. The Balaban J connectivity index is 2.15. The molecule has 0 aliphatic heterocycles. The molecule has 1 unspecified atom stereocenters. The van der Waals surface area contributed by atoms with Gasteiger partial charge >= 0.3 is 5.97 Å². The average Bonchev–Trinajstić information content (AvgIpc) is 2.98. The van der Waals surface area contributed by atoms with Crippen LogP contribution in [0.4, 0.5) is 11.6 Å². The van der Waals surface area contributed by atoms with Gasteiger partial charge in [0.2, 0.25) is 11.9 Å². The van der Waals surface area contributed by atoms with E-state index in [0.717, 1.165) is 5.75 Å². The van der Waals surface area contributed by atoms with Crippen LogP contribution in [0.1, 0.15) is 43.6 Å². The maximum atomic E-state index is 12.7. The molecule has 0 aliphatic rings. The molecule has 0 aliphatic carbocycles. The summed E-state index contributed by atoms with van der Waals surface area (Å²) in [5.41, 5.74) is 6.92. The molecular formula is C17H23N5O3S. The van der Waals surface area contributed by atoms with Crippen LogP contribution in [0.2, 0.25) is 0 Å². The molecule has 26 heavy (non-hydrogen) atoms. The Morgan fingerprint density at radius 2 is 1.92 bits per heavy atom. The minimum absolute atomic E-state index is 0.209. The number of benzene rings is 1. The highest BCUT2D eigenvalue weighted by atomic mass is 32.2. The molecule has 0 bridgehead atoms. The first kappa shape index (κ1) is 19.8. The van der Waals surface area contributed by atoms with Gasteiger partial charge in [0, 0.05) is 5.69 Å². The number of hydrogen-bond donors (Lipinski definition) is 2. The van der Waals surface area contributed by atoms with E-state index in [9.17, 15) is 9.59 Å². The first-order valence-corrected chi connectivity index (χ1v) is 9.41. The zero-order valence-electron chi connectivity index (χ0n) is 15.1. The minimum atomic E-state index is -0.524. The van der Waals surface area contributed by atoms with Crippen molar-refractivity contribution in [1.29, 1.82) is 0 Å². The average molecular weight is 377 g/mol. The summed E-state index contributed by atoms with van der Waals surface area (Å²) >= 11 is 1.48. The Kier molecular flexibility index (Phi) is 7.02. The number of thioether (sulfide) groups is 1. The van der Waals surface area contributed by atoms with E-state index in [0.29, 0.717) is 29.4 Å². The number of rotatable bonds is 8. The molecule has 1 atom stereocenters. The number of carbonyl (C=O) groups is 2. The Morgan fingerprint density at radius 1 is 1.23 bits per heavy atom. The Bertz CT molecular complexity index is 760. The fourth-order valence-electron chi connectivity index (χ4n) is 2.42. The molecule has 3 N–H and O–H groups in total. The third kappa shape index (κ3) is 4.54. The molecule has 8 nitrogen and oxygen atoms in total. The molecule has 0 saturated carbocycles. The van der Waals surface area contributed by atoms with E-state index in [1.165, 1.54) is 11.8 Å². The van der Waals surface area contributed by atoms with Crippen molar-refractivity contribution in [1.82, 2.24) is 14.8 Å². The van der Waals surface area contributed by atoms with E-state index in [1.807, 2.05) is 13.8 Å².